The Morgan fingerprint density at radius 3 is 2.83 bits per heavy atom. The summed E-state index contributed by atoms with van der Waals surface area (Å²) in [6, 6.07) is 11.2. The van der Waals surface area contributed by atoms with Gasteiger partial charge in [0.05, 0.1) is 18.3 Å². The van der Waals surface area contributed by atoms with Crippen molar-refractivity contribution in [1.29, 1.82) is 0 Å². The largest absolute Gasteiger partial charge is 0.333 e. The molecule has 0 N–H and O–H groups in total. The molecule has 6 heteroatoms. The third-order valence-electron chi connectivity index (χ3n) is 4.01. The van der Waals surface area contributed by atoms with Gasteiger partial charge in [-0.3, -0.25) is 9.48 Å². The van der Waals surface area contributed by atoms with E-state index in [4.69, 9.17) is 0 Å². The van der Waals surface area contributed by atoms with E-state index in [-0.39, 0.29) is 11.9 Å². The van der Waals surface area contributed by atoms with Crippen molar-refractivity contribution in [2.24, 2.45) is 0 Å². The summed E-state index contributed by atoms with van der Waals surface area (Å²) in [4.78, 5) is 22.6. The predicted molar refractivity (Wildman–Crippen MR) is 90.3 cm³/mol. The van der Waals surface area contributed by atoms with Crippen LogP contribution in [0.2, 0.25) is 0 Å². The van der Waals surface area contributed by atoms with Crippen LogP contribution in [-0.2, 0) is 6.54 Å². The number of aromatic nitrogens is 4. The van der Waals surface area contributed by atoms with Crippen LogP contribution in [0.4, 0.5) is 0 Å². The molecule has 0 aliphatic rings. The van der Waals surface area contributed by atoms with Crippen LogP contribution in [0.3, 0.4) is 0 Å². The molecule has 1 unspecified atom stereocenters. The highest BCUT2D eigenvalue weighted by molar-refractivity contribution is 5.94. The number of rotatable bonds is 5. The van der Waals surface area contributed by atoms with Gasteiger partial charge in [0.2, 0.25) is 0 Å². The second-order valence-corrected chi connectivity index (χ2v) is 5.63. The van der Waals surface area contributed by atoms with Crippen molar-refractivity contribution in [3.05, 3.63) is 78.1 Å². The predicted octanol–water partition coefficient (Wildman–Crippen LogP) is 2.55. The highest BCUT2D eigenvalue weighted by atomic mass is 16.2. The number of carbonyl (C=O) groups excluding carboxylic acids is 1. The highest BCUT2D eigenvalue weighted by Crippen LogP contribution is 2.19. The standard InChI is InChI=1S/C18H19N5O/c1-14(17-7-9-19-13-20-17)22(2)18(24)16-6-3-5-15(11-16)12-23-10-4-8-21-23/h3-11,13-14H,12H2,1-2H3. The molecule has 0 radical (unpaired) electrons. The minimum atomic E-state index is -0.129. The fourth-order valence-corrected chi connectivity index (χ4v) is 2.51. The number of hydrogen-bond donors (Lipinski definition) is 0. The molecule has 6 nitrogen and oxygen atoms in total. The number of nitrogens with zero attached hydrogens (tertiary/aromatic N) is 5. The summed E-state index contributed by atoms with van der Waals surface area (Å²) in [6.07, 6.45) is 6.82. The van der Waals surface area contributed by atoms with Crippen molar-refractivity contribution >= 4 is 5.91 Å². The molecule has 0 aliphatic carbocycles. The Morgan fingerprint density at radius 1 is 1.25 bits per heavy atom. The Kier molecular flexibility index (Phi) is 4.65. The van der Waals surface area contributed by atoms with Crippen LogP contribution < -0.4 is 0 Å². The first-order valence-corrected chi connectivity index (χ1v) is 7.74. The topological polar surface area (TPSA) is 63.9 Å². The van der Waals surface area contributed by atoms with Crippen LogP contribution >= 0.6 is 0 Å². The van der Waals surface area contributed by atoms with Crippen LogP contribution in [0.5, 0.6) is 0 Å². The molecule has 0 saturated heterocycles. The van der Waals surface area contributed by atoms with Gasteiger partial charge in [-0.05, 0) is 36.8 Å². The van der Waals surface area contributed by atoms with Gasteiger partial charge < -0.3 is 4.90 Å². The molecule has 0 saturated carbocycles. The lowest BCUT2D eigenvalue weighted by Crippen LogP contribution is -2.30. The van der Waals surface area contributed by atoms with E-state index >= 15 is 0 Å². The zero-order chi connectivity index (χ0) is 16.9. The first kappa shape index (κ1) is 15.9. The average molecular weight is 321 g/mol. The van der Waals surface area contributed by atoms with Gasteiger partial charge in [0, 0.05) is 31.2 Å². The van der Waals surface area contributed by atoms with E-state index in [1.165, 1.54) is 6.33 Å². The Labute approximate surface area is 140 Å². The average Bonchev–Trinajstić information content (AvgIpc) is 3.14. The number of benzene rings is 1. The summed E-state index contributed by atoms with van der Waals surface area (Å²) in [6.45, 7) is 2.59. The molecule has 1 amide bonds. The molecule has 24 heavy (non-hydrogen) atoms. The molecule has 1 aromatic carbocycles. The van der Waals surface area contributed by atoms with Crippen molar-refractivity contribution < 1.29 is 4.79 Å². The summed E-state index contributed by atoms with van der Waals surface area (Å²) in [7, 11) is 1.79. The van der Waals surface area contributed by atoms with Gasteiger partial charge in [-0.2, -0.15) is 5.10 Å². The molecular weight excluding hydrogens is 302 g/mol. The van der Waals surface area contributed by atoms with Gasteiger partial charge in [0.1, 0.15) is 6.33 Å². The summed E-state index contributed by atoms with van der Waals surface area (Å²) < 4.78 is 1.83. The van der Waals surface area contributed by atoms with E-state index in [9.17, 15) is 4.79 Å². The third kappa shape index (κ3) is 3.48. The lowest BCUT2D eigenvalue weighted by atomic mass is 10.1. The molecule has 0 aliphatic heterocycles. The Morgan fingerprint density at radius 2 is 2.12 bits per heavy atom. The number of carbonyl (C=O) groups is 1. The van der Waals surface area contributed by atoms with Gasteiger partial charge in [-0.25, -0.2) is 9.97 Å². The Bertz CT molecular complexity index is 801. The van der Waals surface area contributed by atoms with Crippen molar-refractivity contribution in [2.75, 3.05) is 7.05 Å². The van der Waals surface area contributed by atoms with Crippen LogP contribution in [0, 0.1) is 0 Å². The Balaban J connectivity index is 1.77. The van der Waals surface area contributed by atoms with Gasteiger partial charge in [-0.1, -0.05) is 12.1 Å². The van der Waals surface area contributed by atoms with E-state index in [0.717, 1.165) is 11.3 Å². The molecule has 1 atom stereocenters. The molecule has 0 fully saturated rings. The van der Waals surface area contributed by atoms with Gasteiger partial charge in [-0.15, -0.1) is 0 Å². The third-order valence-corrected chi connectivity index (χ3v) is 4.01. The van der Waals surface area contributed by atoms with Crippen molar-refractivity contribution in [3.63, 3.8) is 0 Å². The number of amides is 1. The molecule has 0 bridgehead atoms. The molecule has 122 valence electrons. The minimum Gasteiger partial charge on any atom is -0.333 e. The quantitative estimate of drug-likeness (QED) is 0.724. The first-order chi connectivity index (χ1) is 11.6. The van der Waals surface area contributed by atoms with Crippen LogP contribution in [-0.4, -0.2) is 37.6 Å². The maximum atomic E-state index is 12.8. The molecule has 3 rings (SSSR count). The smallest absolute Gasteiger partial charge is 0.254 e. The molecule has 2 heterocycles. The molecule has 0 spiro atoms. The zero-order valence-corrected chi connectivity index (χ0v) is 13.7. The van der Waals surface area contributed by atoms with E-state index < -0.39 is 0 Å². The fourth-order valence-electron chi connectivity index (χ4n) is 2.51. The minimum absolute atomic E-state index is 0.0385. The lowest BCUT2D eigenvalue weighted by Gasteiger charge is -2.24. The summed E-state index contributed by atoms with van der Waals surface area (Å²) in [5.41, 5.74) is 2.50. The SMILES string of the molecule is CC(c1ccncn1)N(C)C(=O)c1cccc(Cn2cccn2)c1. The van der Waals surface area contributed by atoms with Crippen molar-refractivity contribution in [3.8, 4) is 0 Å². The lowest BCUT2D eigenvalue weighted by molar-refractivity contribution is 0.0739. The van der Waals surface area contributed by atoms with Gasteiger partial charge >= 0.3 is 0 Å². The van der Waals surface area contributed by atoms with E-state index in [1.54, 1.807) is 24.3 Å². The zero-order valence-electron chi connectivity index (χ0n) is 13.7. The Hall–Kier alpha value is -3.02. The normalized spacial score (nSPS) is 11.9. The van der Waals surface area contributed by atoms with E-state index in [1.807, 2.05) is 54.2 Å². The first-order valence-electron chi connectivity index (χ1n) is 7.74. The fraction of sp³-hybridized carbons (Fsp3) is 0.222. The van der Waals surface area contributed by atoms with Gasteiger partial charge in [0.25, 0.3) is 5.91 Å². The monoisotopic (exact) mass is 321 g/mol. The second-order valence-electron chi connectivity index (χ2n) is 5.63. The van der Waals surface area contributed by atoms with E-state index in [2.05, 4.69) is 15.1 Å². The maximum absolute atomic E-state index is 12.8. The van der Waals surface area contributed by atoms with Crippen LogP contribution in [0.15, 0.2) is 61.3 Å². The van der Waals surface area contributed by atoms with Crippen molar-refractivity contribution in [2.45, 2.75) is 19.5 Å². The second kappa shape index (κ2) is 7.04. The summed E-state index contributed by atoms with van der Waals surface area (Å²) in [5.74, 6) is -0.0385. The van der Waals surface area contributed by atoms with Crippen LogP contribution in [0.25, 0.3) is 0 Å². The van der Waals surface area contributed by atoms with Gasteiger partial charge in [0.15, 0.2) is 0 Å². The molecular formula is C18H19N5O. The summed E-state index contributed by atoms with van der Waals surface area (Å²) >= 11 is 0. The molecule has 3 aromatic rings. The van der Waals surface area contributed by atoms with Crippen molar-refractivity contribution in [1.82, 2.24) is 24.6 Å². The van der Waals surface area contributed by atoms with Crippen LogP contribution in [0.1, 0.15) is 34.6 Å². The number of hydrogen-bond acceptors (Lipinski definition) is 4. The summed E-state index contributed by atoms with van der Waals surface area (Å²) in [5, 5.41) is 4.20. The maximum Gasteiger partial charge on any atom is 0.254 e. The highest BCUT2D eigenvalue weighted by Gasteiger charge is 2.20. The molecule has 2 aromatic heterocycles. The van der Waals surface area contributed by atoms with E-state index in [0.29, 0.717) is 12.1 Å².